The fraction of sp³-hybridized carbons (Fsp3) is 0.636. The van der Waals surface area contributed by atoms with Gasteiger partial charge in [0.1, 0.15) is 0 Å². The van der Waals surface area contributed by atoms with Gasteiger partial charge in [0, 0.05) is 19.0 Å². The van der Waals surface area contributed by atoms with Gasteiger partial charge in [-0.05, 0) is 18.8 Å². The standard InChI is InChI=1S/C11H16N4O4/c16-10(17)5-8(7-1-2-7)15-11(18)12-4-3-9-13-6-14-19-9/h6-8H,1-5H2,(H,16,17)(H2,12,15,18). The van der Waals surface area contributed by atoms with Crippen molar-refractivity contribution in [2.45, 2.75) is 31.7 Å². The number of carbonyl (C=O) groups is 2. The molecule has 1 saturated carbocycles. The van der Waals surface area contributed by atoms with Crippen LogP contribution in [0.15, 0.2) is 10.9 Å². The Balaban J connectivity index is 1.68. The molecular weight excluding hydrogens is 252 g/mol. The van der Waals surface area contributed by atoms with Gasteiger partial charge >= 0.3 is 12.0 Å². The van der Waals surface area contributed by atoms with Gasteiger partial charge in [0.15, 0.2) is 6.33 Å². The fourth-order valence-corrected chi connectivity index (χ4v) is 1.83. The third kappa shape index (κ3) is 4.57. The maximum absolute atomic E-state index is 11.6. The van der Waals surface area contributed by atoms with E-state index in [9.17, 15) is 9.59 Å². The van der Waals surface area contributed by atoms with Crippen LogP contribution in [0.5, 0.6) is 0 Å². The van der Waals surface area contributed by atoms with Gasteiger partial charge in [-0.3, -0.25) is 4.79 Å². The van der Waals surface area contributed by atoms with Gasteiger partial charge in [0.2, 0.25) is 5.89 Å². The molecule has 1 heterocycles. The number of carboxylic acid groups (broad SMARTS) is 1. The Morgan fingerprint density at radius 1 is 1.53 bits per heavy atom. The third-order valence-electron chi connectivity index (χ3n) is 2.93. The fourth-order valence-electron chi connectivity index (χ4n) is 1.83. The Morgan fingerprint density at radius 3 is 2.89 bits per heavy atom. The lowest BCUT2D eigenvalue weighted by Crippen LogP contribution is -2.44. The van der Waals surface area contributed by atoms with Crippen LogP contribution in [0.4, 0.5) is 4.79 Å². The highest BCUT2D eigenvalue weighted by Crippen LogP contribution is 2.33. The Kier molecular flexibility index (Phi) is 4.32. The summed E-state index contributed by atoms with van der Waals surface area (Å²) in [5.41, 5.74) is 0. The van der Waals surface area contributed by atoms with Gasteiger partial charge in [-0.15, -0.1) is 0 Å². The summed E-state index contributed by atoms with van der Waals surface area (Å²) in [5, 5.41) is 17.6. The molecule has 0 saturated heterocycles. The molecule has 1 fully saturated rings. The number of hydrogen-bond acceptors (Lipinski definition) is 5. The van der Waals surface area contributed by atoms with Gasteiger partial charge in [-0.1, -0.05) is 5.16 Å². The van der Waals surface area contributed by atoms with E-state index < -0.39 is 5.97 Å². The van der Waals surface area contributed by atoms with Gasteiger partial charge in [0.25, 0.3) is 0 Å². The van der Waals surface area contributed by atoms with E-state index in [2.05, 4.69) is 20.8 Å². The lowest BCUT2D eigenvalue weighted by Gasteiger charge is -2.16. The summed E-state index contributed by atoms with van der Waals surface area (Å²) in [5.74, 6) is -0.162. The second kappa shape index (κ2) is 6.17. The number of nitrogens with zero attached hydrogens (tertiary/aromatic N) is 2. The molecule has 1 unspecified atom stereocenters. The van der Waals surface area contributed by atoms with Crippen molar-refractivity contribution in [3.63, 3.8) is 0 Å². The maximum atomic E-state index is 11.6. The summed E-state index contributed by atoms with van der Waals surface area (Å²) in [6.07, 6.45) is 3.65. The summed E-state index contributed by atoms with van der Waals surface area (Å²) in [7, 11) is 0. The Labute approximate surface area is 109 Å². The largest absolute Gasteiger partial charge is 0.481 e. The Bertz CT molecular complexity index is 430. The van der Waals surface area contributed by atoms with Crippen molar-refractivity contribution < 1.29 is 19.2 Å². The van der Waals surface area contributed by atoms with Gasteiger partial charge in [-0.25, -0.2) is 4.79 Å². The first kappa shape index (κ1) is 13.3. The molecule has 8 heteroatoms. The first-order chi connectivity index (χ1) is 9.15. The van der Waals surface area contributed by atoms with Crippen molar-refractivity contribution in [2.75, 3.05) is 6.54 Å². The van der Waals surface area contributed by atoms with E-state index in [1.54, 1.807) is 0 Å². The normalized spacial score (nSPS) is 15.8. The van der Waals surface area contributed by atoms with E-state index in [0.29, 0.717) is 18.9 Å². The van der Waals surface area contributed by atoms with Crippen molar-refractivity contribution in [1.29, 1.82) is 0 Å². The average molecular weight is 268 g/mol. The summed E-state index contributed by atoms with van der Waals surface area (Å²) in [4.78, 5) is 26.1. The van der Waals surface area contributed by atoms with E-state index in [0.717, 1.165) is 12.8 Å². The monoisotopic (exact) mass is 268 g/mol. The number of urea groups is 1. The molecule has 1 aromatic rings. The molecule has 0 aliphatic heterocycles. The Morgan fingerprint density at radius 2 is 2.32 bits per heavy atom. The maximum Gasteiger partial charge on any atom is 0.315 e. The molecule has 1 aliphatic carbocycles. The SMILES string of the molecule is O=C(O)CC(NC(=O)NCCc1ncno1)C1CC1. The minimum absolute atomic E-state index is 0.0399. The molecule has 0 bridgehead atoms. The Hall–Kier alpha value is -2.12. The molecule has 0 spiro atoms. The molecule has 19 heavy (non-hydrogen) atoms. The number of rotatable bonds is 7. The minimum atomic E-state index is -0.900. The lowest BCUT2D eigenvalue weighted by molar-refractivity contribution is -0.137. The second-order valence-electron chi connectivity index (χ2n) is 4.53. The summed E-state index contributed by atoms with van der Waals surface area (Å²) in [6, 6.07) is -0.654. The zero-order chi connectivity index (χ0) is 13.7. The zero-order valence-corrected chi connectivity index (χ0v) is 10.3. The van der Waals surface area contributed by atoms with E-state index in [1.807, 2.05) is 0 Å². The first-order valence-corrected chi connectivity index (χ1v) is 6.17. The van der Waals surface area contributed by atoms with Crippen molar-refractivity contribution in [1.82, 2.24) is 20.8 Å². The molecule has 1 aliphatic rings. The van der Waals surface area contributed by atoms with Crippen LogP contribution in [0.1, 0.15) is 25.2 Å². The van der Waals surface area contributed by atoms with Crippen molar-refractivity contribution >= 4 is 12.0 Å². The second-order valence-corrected chi connectivity index (χ2v) is 4.53. The molecule has 0 aromatic carbocycles. The predicted octanol–water partition coefficient (Wildman–Crippen LogP) is 0.165. The molecular formula is C11H16N4O4. The van der Waals surface area contributed by atoms with Crippen LogP contribution in [0.25, 0.3) is 0 Å². The lowest BCUT2D eigenvalue weighted by atomic mass is 10.1. The number of amides is 2. The van der Waals surface area contributed by atoms with Crippen molar-refractivity contribution in [3.8, 4) is 0 Å². The van der Waals surface area contributed by atoms with Crippen molar-refractivity contribution in [2.24, 2.45) is 5.92 Å². The number of aliphatic carboxylic acids is 1. The smallest absolute Gasteiger partial charge is 0.315 e. The van der Waals surface area contributed by atoms with Gasteiger partial charge in [0.05, 0.1) is 6.42 Å². The van der Waals surface area contributed by atoms with Crippen LogP contribution in [-0.4, -0.2) is 39.8 Å². The molecule has 3 N–H and O–H groups in total. The molecule has 2 rings (SSSR count). The van der Waals surface area contributed by atoms with Crippen LogP contribution >= 0.6 is 0 Å². The van der Waals surface area contributed by atoms with E-state index in [4.69, 9.17) is 9.63 Å². The van der Waals surface area contributed by atoms with E-state index in [1.165, 1.54) is 6.33 Å². The number of carbonyl (C=O) groups excluding carboxylic acids is 1. The number of hydrogen-bond donors (Lipinski definition) is 3. The number of nitrogens with one attached hydrogen (secondary N) is 2. The molecule has 1 aromatic heterocycles. The zero-order valence-electron chi connectivity index (χ0n) is 10.3. The van der Waals surface area contributed by atoms with Crippen LogP contribution in [-0.2, 0) is 11.2 Å². The molecule has 2 amide bonds. The molecule has 8 nitrogen and oxygen atoms in total. The van der Waals surface area contributed by atoms with Crippen LogP contribution in [0.3, 0.4) is 0 Å². The van der Waals surface area contributed by atoms with Gasteiger partial charge < -0.3 is 20.3 Å². The quantitative estimate of drug-likeness (QED) is 0.648. The molecule has 1 atom stereocenters. The van der Waals surface area contributed by atoms with Crippen molar-refractivity contribution in [3.05, 3.63) is 12.2 Å². The number of aromatic nitrogens is 2. The molecule has 104 valence electrons. The highest BCUT2D eigenvalue weighted by Gasteiger charge is 2.33. The topological polar surface area (TPSA) is 117 Å². The summed E-state index contributed by atoms with van der Waals surface area (Å²) >= 11 is 0. The summed E-state index contributed by atoms with van der Waals surface area (Å²) < 4.78 is 4.79. The van der Waals surface area contributed by atoms with Crippen LogP contribution in [0, 0.1) is 5.92 Å². The molecule has 0 radical (unpaired) electrons. The van der Waals surface area contributed by atoms with E-state index in [-0.39, 0.29) is 24.4 Å². The van der Waals surface area contributed by atoms with E-state index >= 15 is 0 Å². The van der Waals surface area contributed by atoms with Crippen LogP contribution < -0.4 is 10.6 Å². The van der Waals surface area contributed by atoms with Gasteiger partial charge in [-0.2, -0.15) is 4.98 Å². The highest BCUT2D eigenvalue weighted by atomic mass is 16.5. The third-order valence-corrected chi connectivity index (χ3v) is 2.93. The first-order valence-electron chi connectivity index (χ1n) is 6.17. The number of carboxylic acids is 1. The summed E-state index contributed by atoms with van der Waals surface area (Å²) in [6.45, 7) is 0.360. The predicted molar refractivity (Wildman–Crippen MR) is 63.3 cm³/mol. The highest BCUT2D eigenvalue weighted by molar-refractivity contribution is 5.75. The van der Waals surface area contributed by atoms with Crippen LogP contribution in [0.2, 0.25) is 0 Å². The minimum Gasteiger partial charge on any atom is -0.481 e. The average Bonchev–Trinajstić information content (AvgIpc) is 3.07.